The summed E-state index contributed by atoms with van der Waals surface area (Å²) in [6.45, 7) is 1.73. The van der Waals surface area contributed by atoms with E-state index in [9.17, 15) is 0 Å². The second-order valence-corrected chi connectivity index (χ2v) is 3.09. The second kappa shape index (κ2) is 6.40. The SMILES string of the molecule is COCCNc1ccc(CCO)cc1. The monoisotopic (exact) mass is 195 g/mol. The number of hydrogen-bond donors (Lipinski definition) is 2. The molecule has 0 fully saturated rings. The minimum Gasteiger partial charge on any atom is -0.396 e. The normalized spacial score (nSPS) is 10.1. The number of rotatable bonds is 6. The number of methoxy groups -OCH3 is 1. The van der Waals surface area contributed by atoms with E-state index >= 15 is 0 Å². The van der Waals surface area contributed by atoms with Gasteiger partial charge in [0.2, 0.25) is 0 Å². The van der Waals surface area contributed by atoms with Crippen molar-refractivity contribution in [2.75, 3.05) is 32.2 Å². The summed E-state index contributed by atoms with van der Waals surface area (Å²) in [5.74, 6) is 0. The molecule has 0 saturated carbocycles. The van der Waals surface area contributed by atoms with Crippen LogP contribution in [0.3, 0.4) is 0 Å². The van der Waals surface area contributed by atoms with Gasteiger partial charge in [-0.1, -0.05) is 12.1 Å². The molecule has 3 nitrogen and oxygen atoms in total. The average molecular weight is 195 g/mol. The van der Waals surface area contributed by atoms with Crippen LogP contribution in [0, 0.1) is 0 Å². The van der Waals surface area contributed by atoms with Gasteiger partial charge in [0.25, 0.3) is 0 Å². The molecule has 1 aromatic rings. The van der Waals surface area contributed by atoms with Gasteiger partial charge in [0.1, 0.15) is 0 Å². The molecule has 3 heteroatoms. The molecule has 0 radical (unpaired) electrons. The molecule has 0 heterocycles. The van der Waals surface area contributed by atoms with Gasteiger partial charge in [0.15, 0.2) is 0 Å². The lowest BCUT2D eigenvalue weighted by Gasteiger charge is -2.06. The molecule has 0 aliphatic rings. The fourth-order valence-electron chi connectivity index (χ4n) is 1.22. The van der Waals surface area contributed by atoms with E-state index in [1.54, 1.807) is 7.11 Å². The highest BCUT2D eigenvalue weighted by molar-refractivity contribution is 5.44. The standard InChI is InChI=1S/C11H17NO2/c1-14-9-7-12-11-4-2-10(3-5-11)6-8-13/h2-5,12-13H,6-9H2,1H3. The van der Waals surface area contributed by atoms with Gasteiger partial charge in [0, 0.05) is 25.9 Å². The Bertz CT molecular complexity index is 246. The lowest BCUT2D eigenvalue weighted by atomic mass is 10.1. The van der Waals surface area contributed by atoms with Gasteiger partial charge in [-0.25, -0.2) is 0 Å². The van der Waals surface area contributed by atoms with E-state index in [4.69, 9.17) is 9.84 Å². The molecule has 0 saturated heterocycles. The molecule has 2 N–H and O–H groups in total. The van der Waals surface area contributed by atoms with E-state index in [0.717, 1.165) is 24.2 Å². The molecule has 1 aromatic carbocycles. The van der Waals surface area contributed by atoms with Crippen molar-refractivity contribution >= 4 is 5.69 Å². The molecule has 0 aliphatic heterocycles. The summed E-state index contributed by atoms with van der Waals surface area (Å²) in [6, 6.07) is 8.07. The Morgan fingerprint density at radius 1 is 1.29 bits per heavy atom. The molecule has 0 bridgehead atoms. The Kier molecular flexibility index (Phi) is 5.04. The third-order valence-corrected chi connectivity index (χ3v) is 1.99. The molecule has 0 aromatic heterocycles. The van der Waals surface area contributed by atoms with Crippen molar-refractivity contribution in [3.63, 3.8) is 0 Å². The summed E-state index contributed by atoms with van der Waals surface area (Å²) in [5, 5.41) is 12.0. The van der Waals surface area contributed by atoms with E-state index in [1.165, 1.54) is 0 Å². The van der Waals surface area contributed by atoms with Gasteiger partial charge < -0.3 is 15.2 Å². The smallest absolute Gasteiger partial charge is 0.0635 e. The summed E-state index contributed by atoms with van der Waals surface area (Å²) in [5.41, 5.74) is 2.24. The maximum Gasteiger partial charge on any atom is 0.0635 e. The minimum atomic E-state index is 0.205. The number of hydrogen-bond acceptors (Lipinski definition) is 3. The first kappa shape index (κ1) is 11.0. The first-order valence-electron chi connectivity index (χ1n) is 4.79. The second-order valence-electron chi connectivity index (χ2n) is 3.09. The Labute approximate surface area is 84.7 Å². The summed E-state index contributed by atoms with van der Waals surface area (Å²) in [7, 11) is 1.69. The van der Waals surface area contributed by atoms with E-state index in [0.29, 0.717) is 6.61 Å². The lowest BCUT2D eigenvalue weighted by molar-refractivity contribution is 0.211. The minimum absolute atomic E-state index is 0.205. The Hall–Kier alpha value is -1.06. The quantitative estimate of drug-likeness (QED) is 0.672. The Morgan fingerprint density at radius 3 is 2.57 bits per heavy atom. The highest BCUT2D eigenvalue weighted by Gasteiger charge is 1.93. The van der Waals surface area contributed by atoms with Crippen molar-refractivity contribution < 1.29 is 9.84 Å². The van der Waals surface area contributed by atoms with Crippen LogP contribution in [0.25, 0.3) is 0 Å². The molecule has 0 atom stereocenters. The molecular weight excluding hydrogens is 178 g/mol. The number of benzene rings is 1. The van der Waals surface area contributed by atoms with Crippen LogP contribution in [0.2, 0.25) is 0 Å². The van der Waals surface area contributed by atoms with E-state index in [2.05, 4.69) is 5.32 Å². The zero-order valence-corrected chi connectivity index (χ0v) is 8.49. The molecule has 14 heavy (non-hydrogen) atoms. The predicted molar refractivity (Wildman–Crippen MR) is 57.6 cm³/mol. The first-order valence-corrected chi connectivity index (χ1v) is 4.79. The van der Waals surface area contributed by atoms with Gasteiger partial charge in [-0.15, -0.1) is 0 Å². The van der Waals surface area contributed by atoms with Gasteiger partial charge in [0.05, 0.1) is 6.61 Å². The zero-order chi connectivity index (χ0) is 10.2. The van der Waals surface area contributed by atoms with Crippen LogP contribution in [0.15, 0.2) is 24.3 Å². The number of ether oxygens (including phenoxy) is 1. The van der Waals surface area contributed by atoms with Crippen LogP contribution in [-0.2, 0) is 11.2 Å². The first-order chi connectivity index (χ1) is 6.86. The predicted octanol–water partition coefficient (Wildman–Crippen LogP) is 1.28. The van der Waals surface area contributed by atoms with Gasteiger partial charge in [-0.2, -0.15) is 0 Å². The number of nitrogens with one attached hydrogen (secondary N) is 1. The topological polar surface area (TPSA) is 41.5 Å². The van der Waals surface area contributed by atoms with Crippen LogP contribution in [0.5, 0.6) is 0 Å². The van der Waals surface area contributed by atoms with E-state index < -0.39 is 0 Å². The van der Waals surface area contributed by atoms with Crippen molar-refractivity contribution in [2.24, 2.45) is 0 Å². The Balaban J connectivity index is 2.38. The van der Waals surface area contributed by atoms with Gasteiger partial charge in [-0.05, 0) is 24.1 Å². The molecular formula is C11H17NO2. The van der Waals surface area contributed by atoms with Crippen LogP contribution in [0.4, 0.5) is 5.69 Å². The van der Waals surface area contributed by atoms with Crippen molar-refractivity contribution in [3.05, 3.63) is 29.8 Å². The Morgan fingerprint density at radius 2 is 2.00 bits per heavy atom. The number of aliphatic hydroxyl groups is 1. The van der Waals surface area contributed by atoms with Crippen molar-refractivity contribution in [3.8, 4) is 0 Å². The van der Waals surface area contributed by atoms with Crippen LogP contribution in [0.1, 0.15) is 5.56 Å². The van der Waals surface area contributed by atoms with E-state index in [1.807, 2.05) is 24.3 Å². The summed E-state index contributed by atoms with van der Waals surface area (Å²) < 4.78 is 4.93. The van der Waals surface area contributed by atoms with Crippen molar-refractivity contribution in [1.29, 1.82) is 0 Å². The van der Waals surface area contributed by atoms with Gasteiger partial charge in [-0.3, -0.25) is 0 Å². The summed E-state index contributed by atoms with van der Waals surface area (Å²) in [6.07, 6.45) is 0.721. The highest BCUT2D eigenvalue weighted by atomic mass is 16.5. The fourth-order valence-corrected chi connectivity index (χ4v) is 1.22. The lowest BCUT2D eigenvalue weighted by Crippen LogP contribution is -2.07. The highest BCUT2D eigenvalue weighted by Crippen LogP contribution is 2.09. The summed E-state index contributed by atoms with van der Waals surface area (Å²) in [4.78, 5) is 0. The maximum absolute atomic E-state index is 8.73. The third-order valence-electron chi connectivity index (χ3n) is 1.99. The summed E-state index contributed by atoms with van der Waals surface area (Å²) >= 11 is 0. The van der Waals surface area contributed by atoms with Crippen molar-refractivity contribution in [1.82, 2.24) is 0 Å². The number of anilines is 1. The molecule has 0 spiro atoms. The largest absolute Gasteiger partial charge is 0.396 e. The maximum atomic E-state index is 8.73. The molecule has 0 unspecified atom stereocenters. The molecule has 1 rings (SSSR count). The van der Waals surface area contributed by atoms with Crippen LogP contribution >= 0.6 is 0 Å². The average Bonchev–Trinajstić information content (AvgIpc) is 2.21. The van der Waals surface area contributed by atoms with Crippen LogP contribution < -0.4 is 5.32 Å². The molecule has 78 valence electrons. The molecule has 0 aliphatic carbocycles. The third kappa shape index (κ3) is 3.77. The number of aliphatic hydroxyl groups excluding tert-OH is 1. The fraction of sp³-hybridized carbons (Fsp3) is 0.455. The van der Waals surface area contributed by atoms with Crippen LogP contribution in [-0.4, -0.2) is 32.0 Å². The van der Waals surface area contributed by atoms with Crippen molar-refractivity contribution in [2.45, 2.75) is 6.42 Å². The zero-order valence-electron chi connectivity index (χ0n) is 8.49. The van der Waals surface area contributed by atoms with Gasteiger partial charge >= 0.3 is 0 Å². The molecule has 0 amide bonds. The van der Waals surface area contributed by atoms with E-state index in [-0.39, 0.29) is 6.61 Å².